The van der Waals surface area contributed by atoms with Crippen LogP contribution in [0.5, 0.6) is 5.75 Å². The highest BCUT2D eigenvalue weighted by molar-refractivity contribution is 8.13. The Morgan fingerprint density at radius 1 is 1.47 bits per heavy atom. The minimum atomic E-state index is 0.375. The van der Waals surface area contributed by atoms with E-state index in [0.717, 1.165) is 12.4 Å². The van der Waals surface area contributed by atoms with Gasteiger partial charge in [0.05, 0.1) is 16.8 Å². The molecule has 1 aliphatic heterocycles. The van der Waals surface area contributed by atoms with Gasteiger partial charge in [-0.05, 0) is 31.5 Å². The van der Waals surface area contributed by atoms with Crippen LogP contribution < -0.4 is 4.74 Å². The van der Waals surface area contributed by atoms with Crippen LogP contribution in [0.1, 0.15) is 12.5 Å². The standard InChI is InChI=1S/C12H15NOS/c1-9-4-3-5-11(6-9)14-7-12-10(2)13-8-15-12/h3-6,8,10,12H,7H2,1-2H3. The molecule has 2 nitrogen and oxygen atoms in total. The number of aliphatic imine (C=N–C) groups is 1. The molecule has 2 rings (SSSR count). The SMILES string of the molecule is Cc1cccc(OCC2SC=NC2C)c1. The molecule has 2 unspecified atom stereocenters. The van der Waals surface area contributed by atoms with Gasteiger partial charge >= 0.3 is 0 Å². The molecule has 3 heteroatoms. The third kappa shape index (κ3) is 2.75. The summed E-state index contributed by atoms with van der Waals surface area (Å²) in [5, 5.41) is 0.463. The smallest absolute Gasteiger partial charge is 0.119 e. The van der Waals surface area contributed by atoms with Gasteiger partial charge < -0.3 is 4.74 Å². The van der Waals surface area contributed by atoms with Crippen molar-refractivity contribution >= 4 is 17.3 Å². The summed E-state index contributed by atoms with van der Waals surface area (Å²) in [5.41, 5.74) is 3.16. The molecular weight excluding hydrogens is 206 g/mol. The third-order valence-electron chi connectivity index (χ3n) is 2.47. The van der Waals surface area contributed by atoms with Crippen LogP contribution in [0.15, 0.2) is 29.3 Å². The molecule has 0 aliphatic carbocycles. The number of benzene rings is 1. The number of rotatable bonds is 3. The van der Waals surface area contributed by atoms with Gasteiger partial charge in [0.1, 0.15) is 12.4 Å². The summed E-state index contributed by atoms with van der Waals surface area (Å²) < 4.78 is 5.74. The van der Waals surface area contributed by atoms with Gasteiger partial charge in [-0.15, -0.1) is 11.8 Å². The molecule has 0 amide bonds. The van der Waals surface area contributed by atoms with E-state index >= 15 is 0 Å². The number of nitrogens with zero attached hydrogens (tertiary/aromatic N) is 1. The van der Waals surface area contributed by atoms with Crippen molar-refractivity contribution in [3.63, 3.8) is 0 Å². The second kappa shape index (κ2) is 4.71. The summed E-state index contributed by atoms with van der Waals surface area (Å²) in [6.07, 6.45) is 0. The minimum Gasteiger partial charge on any atom is -0.492 e. The topological polar surface area (TPSA) is 21.6 Å². The first-order valence-corrected chi connectivity index (χ1v) is 6.06. The molecule has 1 aromatic rings. The fraction of sp³-hybridized carbons (Fsp3) is 0.417. The van der Waals surface area contributed by atoms with Crippen LogP contribution in [0, 0.1) is 6.92 Å². The Balaban J connectivity index is 1.88. The van der Waals surface area contributed by atoms with Crippen LogP contribution in [0.3, 0.4) is 0 Å². The first kappa shape index (κ1) is 10.6. The Morgan fingerprint density at radius 2 is 2.33 bits per heavy atom. The van der Waals surface area contributed by atoms with Crippen molar-refractivity contribution < 1.29 is 4.74 Å². The molecule has 0 saturated heterocycles. The molecule has 0 bridgehead atoms. The van der Waals surface area contributed by atoms with E-state index in [9.17, 15) is 0 Å². The lowest BCUT2D eigenvalue weighted by molar-refractivity contribution is 0.309. The predicted octanol–water partition coefficient (Wildman–Crippen LogP) is 2.91. The number of hydrogen-bond acceptors (Lipinski definition) is 3. The molecule has 0 spiro atoms. The van der Waals surface area contributed by atoms with Gasteiger partial charge in [0.15, 0.2) is 0 Å². The maximum Gasteiger partial charge on any atom is 0.119 e. The van der Waals surface area contributed by atoms with E-state index in [1.165, 1.54) is 5.56 Å². The zero-order valence-electron chi connectivity index (χ0n) is 9.01. The Morgan fingerprint density at radius 3 is 3.00 bits per heavy atom. The van der Waals surface area contributed by atoms with Gasteiger partial charge in [-0.3, -0.25) is 4.99 Å². The number of thioether (sulfide) groups is 1. The van der Waals surface area contributed by atoms with Gasteiger partial charge in [0.25, 0.3) is 0 Å². The highest BCUT2D eigenvalue weighted by Gasteiger charge is 2.21. The lowest BCUT2D eigenvalue weighted by Gasteiger charge is -2.14. The molecule has 0 radical (unpaired) electrons. The molecule has 1 heterocycles. The lowest BCUT2D eigenvalue weighted by atomic mass is 10.2. The van der Waals surface area contributed by atoms with Crippen molar-refractivity contribution in [2.24, 2.45) is 4.99 Å². The monoisotopic (exact) mass is 221 g/mol. The van der Waals surface area contributed by atoms with Crippen LogP contribution >= 0.6 is 11.8 Å². The Labute approximate surface area is 94.7 Å². The summed E-state index contributed by atoms with van der Waals surface area (Å²) >= 11 is 1.76. The van der Waals surface area contributed by atoms with E-state index < -0.39 is 0 Å². The summed E-state index contributed by atoms with van der Waals surface area (Å²) in [7, 11) is 0. The van der Waals surface area contributed by atoms with Crippen LogP contribution in [0.2, 0.25) is 0 Å². The van der Waals surface area contributed by atoms with E-state index in [1.807, 2.05) is 17.7 Å². The Kier molecular flexibility index (Phi) is 3.31. The number of aryl methyl sites for hydroxylation is 1. The van der Waals surface area contributed by atoms with Gasteiger partial charge in [-0.25, -0.2) is 0 Å². The second-order valence-corrected chi connectivity index (χ2v) is 4.89. The van der Waals surface area contributed by atoms with Crippen molar-refractivity contribution in [2.75, 3.05) is 6.61 Å². The Hall–Kier alpha value is -0.960. The predicted molar refractivity (Wildman–Crippen MR) is 66.0 cm³/mol. The number of hydrogen-bond donors (Lipinski definition) is 0. The number of ether oxygens (including phenoxy) is 1. The normalized spacial score (nSPS) is 24.4. The highest BCUT2D eigenvalue weighted by atomic mass is 32.2. The van der Waals surface area contributed by atoms with Crippen molar-refractivity contribution in [1.29, 1.82) is 0 Å². The molecule has 15 heavy (non-hydrogen) atoms. The molecule has 2 atom stereocenters. The molecule has 0 N–H and O–H groups in total. The first-order chi connectivity index (χ1) is 7.25. The first-order valence-electron chi connectivity index (χ1n) is 5.12. The fourth-order valence-electron chi connectivity index (χ4n) is 1.48. The highest BCUT2D eigenvalue weighted by Crippen LogP contribution is 2.23. The van der Waals surface area contributed by atoms with Crippen molar-refractivity contribution in [3.05, 3.63) is 29.8 Å². The zero-order chi connectivity index (χ0) is 10.7. The molecule has 0 saturated carbocycles. The molecule has 1 aromatic carbocycles. The van der Waals surface area contributed by atoms with Crippen molar-refractivity contribution in [3.8, 4) is 5.75 Å². The average Bonchev–Trinajstić information content (AvgIpc) is 2.61. The maximum absolute atomic E-state index is 5.74. The van der Waals surface area contributed by atoms with Gasteiger partial charge in [0, 0.05) is 0 Å². The summed E-state index contributed by atoms with van der Waals surface area (Å²) in [4.78, 5) is 4.31. The van der Waals surface area contributed by atoms with Crippen LogP contribution in [0.4, 0.5) is 0 Å². The lowest BCUT2D eigenvalue weighted by Crippen LogP contribution is -2.21. The van der Waals surface area contributed by atoms with Gasteiger partial charge in [0.2, 0.25) is 0 Å². The summed E-state index contributed by atoms with van der Waals surface area (Å²) in [5.74, 6) is 0.953. The van der Waals surface area contributed by atoms with Crippen molar-refractivity contribution in [1.82, 2.24) is 0 Å². The van der Waals surface area contributed by atoms with Crippen LogP contribution in [-0.2, 0) is 0 Å². The van der Waals surface area contributed by atoms with Gasteiger partial charge in [-0.2, -0.15) is 0 Å². The summed E-state index contributed by atoms with van der Waals surface area (Å²) in [6, 6.07) is 8.53. The third-order valence-corrected chi connectivity index (χ3v) is 3.60. The van der Waals surface area contributed by atoms with Gasteiger partial charge in [-0.1, -0.05) is 12.1 Å². The molecular formula is C12H15NOS. The van der Waals surface area contributed by atoms with Crippen molar-refractivity contribution in [2.45, 2.75) is 25.1 Å². The second-order valence-electron chi connectivity index (χ2n) is 3.80. The van der Waals surface area contributed by atoms with E-state index in [-0.39, 0.29) is 0 Å². The van der Waals surface area contributed by atoms with E-state index in [0.29, 0.717) is 11.3 Å². The molecule has 0 fully saturated rings. The van der Waals surface area contributed by atoms with E-state index in [1.54, 1.807) is 11.8 Å². The minimum absolute atomic E-state index is 0.375. The average molecular weight is 221 g/mol. The molecule has 0 aromatic heterocycles. The van der Waals surface area contributed by atoms with E-state index in [2.05, 4.69) is 31.0 Å². The largest absolute Gasteiger partial charge is 0.492 e. The summed E-state index contributed by atoms with van der Waals surface area (Å²) in [6.45, 7) is 4.93. The molecule has 80 valence electrons. The quantitative estimate of drug-likeness (QED) is 0.782. The Bertz CT molecular complexity index is 364. The van der Waals surface area contributed by atoms with Crippen LogP contribution in [0.25, 0.3) is 0 Å². The molecule has 1 aliphatic rings. The zero-order valence-corrected chi connectivity index (χ0v) is 9.83. The fourth-order valence-corrected chi connectivity index (χ4v) is 2.34. The van der Waals surface area contributed by atoms with E-state index in [4.69, 9.17) is 4.74 Å². The van der Waals surface area contributed by atoms with Crippen LogP contribution in [-0.4, -0.2) is 23.4 Å². The maximum atomic E-state index is 5.74.